The van der Waals surface area contributed by atoms with Crippen molar-refractivity contribution in [1.29, 1.82) is 0 Å². The third kappa shape index (κ3) is 4.36. The van der Waals surface area contributed by atoms with Crippen LogP contribution in [0.25, 0.3) is 5.69 Å². The molecule has 1 saturated heterocycles. The maximum Gasteiger partial charge on any atom is 0.419 e. The molecule has 1 fully saturated rings. The number of hydrogen-bond acceptors (Lipinski definition) is 6. The highest BCUT2D eigenvalue weighted by Crippen LogP contribution is 2.36. The van der Waals surface area contributed by atoms with Crippen LogP contribution in [0.5, 0.6) is 0 Å². The van der Waals surface area contributed by atoms with Gasteiger partial charge in [-0.3, -0.25) is 4.79 Å². The molecule has 1 atom stereocenters. The number of alkyl halides is 5. The van der Waals surface area contributed by atoms with Crippen LogP contribution in [0.15, 0.2) is 36.9 Å². The van der Waals surface area contributed by atoms with Gasteiger partial charge in [0.1, 0.15) is 11.7 Å². The predicted molar refractivity (Wildman–Crippen MR) is 101 cm³/mol. The topological polar surface area (TPSA) is 88.8 Å². The Morgan fingerprint density at radius 2 is 1.76 bits per heavy atom. The molecule has 0 saturated carbocycles. The van der Waals surface area contributed by atoms with E-state index in [4.69, 9.17) is 0 Å². The Morgan fingerprint density at radius 3 is 2.38 bits per heavy atom. The lowest BCUT2D eigenvalue weighted by atomic mass is 10.1. The Kier molecular flexibility index (Phi) is 5.87. The number of likely N-dealkylation sites (tertiary alicyclic amines) is 1. The minimum absolute atomic E-state index is 0.364. The summed E-state index contributed by atoms with van der Waals surface area (Å²) in [6.07, 6.45) is -2.13. The fraction of sp³-hybridized carbons (Fsp3) is 0.316. The van der Waals surface area contributed by atoms with E-state index in [1.807, 2.05) is 0 Å². The van der Waals surface area contributed by atoms with E-state index < -0.39 is 72.0 Å². The first-order valence-corrected chi connectivity index (χ1v) is 9.65. The second-order valence-electron chi connectivity index (χ2n) is 7.28. The van der Waals surface area contributed by atoms with Gasteiger partial charge < -0.3 is 10.2 Å². The molecule has 34 heavy (non-hydrogen) atoms. The van der Waals surface area contributed by atoms with Crippen molar-refractivity contribution >= 4 is 11.9 Å². The molecule has 0 radical (unpaired) electrons. The monoisotopic (exact) mass is 489 g/mol. The van der Waals surface area contributed by atoms with Gasteiger partial charge in [-0.05, 0) is 12.1 Å². The molecule has 15 heteroatoms. The summed E-state index contributed by atoms with van der Waals surface area (Å²) in [5, 5.41) is 9.75. The third-order valence-corrected chi connectivity index (χ3v) is 5.16. The number of carbonyl (C=O) groups excluding carboxylic acids is 1. The van der Waals surface area contributed by atoms with E-state index in [1.54, 1.807) is 0 Å². The highest BCUT2D eigenvalue weighted by molar-refractivity contribution is 5.98. The van der Waals surface area contributed by atoms with Gasteiger partial charge in [0.2, 0.25) is 5.95 Å². The van der Waals surface area contributed by atoms with Crippen LogP contribution in [0.4, 0.5) is 36.7 Å². The normalized spacial score (nSPS) is 17.7. The number of nitrogens with one attached hydrogen (secondary N) is 1. The Labute approximate surface area is 186 Å². The van der Waals surface area contributed by atoms with Crippen LogP contribution in [0.3, 0.4) is 0 Å². The van der Waals surface area contributed by atoms with Gasteiger partial charge in [0.15, 0.2) is 11.6 Å². The fourth-order valence-electron chi connectivity index (χ4n) is 3.47. The minimum Gasteiger partial charge on any atom is -0.352 e. The van der Waals surface area contributed by atoms with Crippen molar-refractivity contribution in [2.75, 3.05) is 18.4 Å². The number of anilines is 1. The molecule has 0 aliphatic carbocycles. The van der Waals surface area contributed by atoms with Gasteiger partial charge in [-0.1, -0.05) is 0 Å². The van der Waals surface area contributed by atoms with E-state index in [0.29, 0.717) is 23.3 Å². The summed E-state index contributed by atoms with van der Waals surface area (Å²) >= 11 is 0. The number of hydrogen-bond donors (Lipinski definition) is 1. The van der Waals surface area contributed by atoms with E-state index in [2.05, 4.69) is 25.5 Å². The maximum absolute atomic E-state index is 14.6. The molecule has 1 aliphatic heterocycles. The van der Waals surface area contributed by atoms with E-state index in [0.717, 1.165) is 23.4 Å². The van der Waals surface area contributed by atoms with Crippen LogP contribution >= 0.6 is 0 Å². The number of carbonyl (C=O) groups is 1. The smallest absolute Gasteiger partial charge is 0.352 e. The van der Waals surface area contributed by atoms with Gasteiger partial charge in [-0.2, -0.15) is 23.4 Å². The fourth-order valence-corrected chi connectivity index (χ4v) is 3.47. The number of halogens is 7. The Morgan fingerprint density at radius 1 is 1.12 bits per heavy atom. The molecule has 1 amide bonds. The summed E-state index contributed by atoms with van der Waals surface area (Å²) in [5.74, 6) is -7.54. The molecule has 4 rings (SSSR count). The highest BCUT2D eigenvalue weighted by Gasteiger charge is 2.51. The SMILES string of the molecule is O=C(c1ccc(F)c(F)c1-n1nccn1)N1CCC(F)(F)[C@H]1CNc1ncc(C(F)(F)F)cn1. The maximum atomic E-state index is 14.6. The van der Waals surface area contributed by atoms with Gasteiger partial charge in [-0.25, -0.2) is 27.5 Å². The highest BCUT2D eigenvalue weighted by atomic mass is 19.4. The first-order chi connectivity index (χ1) is 16.0. The first kappa shape index (κ1) is 23.4. The molecule has 3 heterocycles. The van der Waals surface area contributed by atoms with Gasteiger partial charge in [0, 0.05) is 31.9 Å². The third-order valence-electron chi connectivity index (χ3n) is 5.16. The molecule has 0 unspecified atom stereocenters. The second kappa shape index (κ2) is 8.53. The lowest BCUT2D eigenvalue weighted by Crippen LogP contribution is -2.47. The molecular weight excluding hydrogens is 475 g/mol. The van der Waals surface area contributed by atoms with Crippen molar-refractivity contribution in [3.63, 3.8) is 0 Å². The van der Waals surface area contributed by atoms with Crippen molar-refractivity contribution in [1.82, 2.24) is 29.9 Å². The number of rotatable bonds is 5. The van der Waals surface area contributed by atoms with Gasteiger partial charge in [0.05, 0.1) is 23.5 Å². The summed E-state index contributed by atoms with van der Waals surface area (Å²) < 4.78 is 95.4. The van der Waals surface area contributed by atoms with Crippen molar-refractivity contribution in [2.45, 2.75) is 24.6 Å². The van der Waals surface area contributed by atoms with Gasteiger partial charge >= 0.3 is 6.18 Å². The summed E-state index contributed by atoms with van der Waals surface area (Å²) in [4.78, 5) is 21.5. The van der Waals surface area contributed by atoms with E-state index in [-0.39, 0.29) is 5.95 Å². The van der Waals surface area contributed by atoms with Crippen molar-refractivity contribution in [3.8, 4) is 5.69 Å². The molecule has 0 bridgehead atoms. The zero-order valence-electron chi connectivity index (χ0n) is 16.9. The average molecular weight is 489 g/mol. The van der Waals surface area contributed by atoms with Crippen LogP contribution in [-0.4, -0.2) is 60.8 Å². The lowest BCUT2D eigenvalue weighted by molar-refractivity contribution is -0.138. The average Bonchev–Trinajstić information content (AvgIpc) is 3.41. The standard InChI is InChI=1S/C19H14F7N7O/c20-12-2-1-11(15(14(12)21)33-30-4-5-31-33)16(34)32-6-3-18(22,23)13(32)9-29-17-27-7-10(8-28-17)19(24,25)26/h1-2,4-5,7-8,13H,3,6,9H2,(H,27,28,29)/t13-/m1/s1. The molecule has 0 spiro atoms. The van der Waals surface area contributed by atoms with Crippen LogP contribution < -0.4 is 5.32 Å². The Hall–Kier alpha value is -3.78. The molecule has 1 N–H and O–H groups in total. The van der Waals surface area contributed by atoms with Crippen LogP contribution in [-0.2, 0) is 6.18 Å². The second-order valence-corrected chi connectivity index (χ2v) is 7.28. The zero-order valence-corrected chi connectivity index (χ0v) is 16.9. The number of nitrogens with zero attached hydrogens (tertiary/aromatic N) is 6. The minimum atomic E-state index is -4.67. The molecule has 3 aromatic rings. The summed E-state index contributed by atoms with van der Waals surface area (Å²) in [5.41, 5.74) is -2.23. The predicted octanol–water partition coefficient (Wildman–Crippen LogP) is 3.32. The Balaban J connectivity index is 1.59. The first-order valence-electron chi connectivity index (χ1n) is 9.65. The van der Waals surface area contributed by atoms with Crippen molar-refractivity contribution < 1.29 is 35.5 Å². The van der Waals surface area contributed by atoms with Crippen molar-refractivity contribution in [3.05, 3.63) is 59.7 Å². The largest absolute Gasteiger partial charge is 0.419 e. The molecule has 1 aromatic carbocycles. The number of benzene rings is 1. The quantitative estimate of drug-likeness (QED) is 0.554. The molecular formula is C19H14F7N7O. The molecule has 8 nitrogen and oxygen atoms in total. The van der Waals surface area contributed by atoms with Gasteiger partial charge in [-0.15, -0.1) is 4.80 Å². The summed E-state index contributed by atoms with van der Waals surface area (Å²) in [6, 6.07) is -0.177. The Bertz CT molecular complexity index is 1180. The number of amides is 1. The van der Waals surface area contributed by atoms with Crippen molar-refractivity contribution in [2.24, 2.45) is 0 Å². The lowest BCUT2D eigenvalue weighted by Gasteiger charge is -2.28. The van der Waals surface area contributed by atoms with E-state index in [9.17, 15) is 35.5 Å². The molecule has 1 aliphatic rings. The summed E-state index contributed by atoms with van der Waals surface area (Å²) in [6.45, 7) is -1.04. The van der Waals surface area contributed by atoms with Crippen LogP contribution in [0.2, 0.25) is 0 Å². The van der Waals surface area contributed by atoms with E-state index in [1.165, 1.54) is 0 Å². The molecule has 180 valence electrons. The van der Waals surface area contributed by atoms with Crippen LogP contribution in [0, 0.1) is 11.6 Å². The molecule has 2 aromatic heterocycles. The van der Waals surface area contributed by atoms with Gasteiger partial charge in [0.25, 0.3) is 11.8 Å². The summed E-state index contributed by atoms with van der Waals surface area (Å²) in [7, 11) is 0. The van der Waals surface area contributed by atoms with Crippen LogP contribution in [0.1, 0.15) is 22.3 Å². The number of aromatic nitrogens is 5. The van der Waals surface area contributed by atoms with E-state index >= 15 is 0 Å². The zero-order chi connectivity index (χ0) is 24.7.